The highest BCUT2D eigenvalue weighted by molar-refractivity contribution is 9.10. The van der Waals surface area contributed by atoms with Crippen LogP contribution < -0.4 is 39.7 Å². The molecule has 1 heterocycles. The third-order valence-electron chi connectivity index (χ3n) is 7.60. The van der Waals surface area contributed by atoms with Crippen LogP contribution in [0.4, 0.5) is 5.69 Å². The first-order valence-corrected chi connectivity index (χ1v) is 15.0. The van der Waals surface area contributed by atoms with Gasteiger partial charge in [0.25, 0.3) is 5.56 Å². The fourth-order valence-corrected chi connectivity index (χ4v) is 5.85. The Morgan fingerprint density at radius 1 is 0.729 bits per heavy atom. The third-order valence-corrected chi connectivity index (χ3v) is 8.38. The van der Waals surface area contributed by atoms with Gasteiger partial charge in [0.15, 0.2) is 11.5 Å². The molecule has 0 spiro atoms. The zero-order valence-corrected chi connectivity index (χ0v) is 29.4. The molecule has 0 bridgehead atoms. The van der Waals surface area contributed by atoms with E-state index in [0.29, 0.717) is 66.7 Å². The number of ether oxygens (including phenoxy) is 7. The van der Waals surface area contributed by atoms with Crippen molar-refractivity contribution in [3.63, 3.8) is 0 Å². The van der Waals surface area contributed by atoms with Gasteiger partial charge in [0.2, 0.25) is 0 Å². The standard InChI is InChI=1S/C35H33BrN2O9.ClH/c1-41-23-11-12-26(42-2)20(13-23)18-47-28-17-25-24(16-27(28)43-3)31(19-14-29(44-4)32(36)30(15-19)45-5)33(35(40)46-6)38(34(25)39)22-9-7-21(37)8-10-22;/h7-17H,18,37H2,1-6H3;1H. The summed E-state index contributed by atoms with van der Waals surface area (Å²) in [6.07, 6.45) is 0. The van der Waals surface area contributed by atoms with Gasteiger partial charge >= 0.3 is 5.97 Å². The molecule has 2 N–H and O–H groups in total. The van der Waals surface area contributed by atoms with Crippen molar-refractivity contribution in [2.24, 2.45) is 0 Å². The fraction of sp³-hybridized carbons (Fsp3) is 0.200. The van der Waals surface area contributed by atoms with Gasteiger partial charge in [0, 0.05) is 27.9 Å². The maximum absolute atomic E-state index is 14.5. The molecule has 5 rings (SSSR count). The summed E-state index contributed by atoms with van der Waals surface area (Å²) in [5.41, 5.74) is 7.90. The second-order valence-electron chi connectivity index (χ2n) is 10.2. The van der Waals surface area contributed by atoms with Crippen LogP contribution in [0, 0.1) is 0 Å². The van der Waals surface area contributed by atoms with Gasteiger partial charge in [-0.05, 0) is 88.2 Å². The zero-order valence-electron chi connectivity index (χ0n) is 27.0. The molecule has 4 aromatic carbocycles. The minimum absolute atomic E-state index is 0. The highest BCUT2D eigenvalue weighted by atomic mass is 79.9. The second kappa shape index (κ2) is 15.2. The van der Waals surface area contributed by atoms with Crippen LogP contribution in [0.5, 0.6) is 34.5 Å². The first-order valence-electron chi connectivity index (χ1n) is 14.2. The van der Waals surface area contributed by atoms with Gasteiger partial charge in [-0.3, -0.25) is 9.36 Å². The number of nitrogen functional groups attached to an aromatic ring is 1. The second-order valence-corrected chi connectivity index (χ2v) is 11.0. The summed E-state index contributed by atoms with van der Waals surface area (Å²) in [6, 6.07) is 18.7. The van der Waals surface area contributed by atoms with E-state index in [1.54, 1.807) is 80.9 Å². The van der Waals surface area contributed by atoms with E-state index in [1.807, 2.05) is 0 Å². The number of halogens is 2. The van der Waals surface area contributed by atoms with Gasteiger partial charge < -0.3 is 38.9 Å². The number of pyridine rings is 1. The van der Waals surface area contributed by atoms with Crippen LogP contribution in [0.25, 0.3) is 27.6 Å². The van der Waals surface area contributed by atoms with E-state index in [2.05, 4.69) is 15.9 Å². The number of methoxy groups -OCH3 is 6. The number of nitrogens with two attached hydrogens (primary N) is 1. The van der Waals surface area contributed by atoms with Crippen LogP contribution in [0.3, 0.4) is 0 Å². The monoisotopic (exact) mass is 740 g/mol. The Hall–Kier alpha value is -5.07. The minimum atomic E-state index is -0.749. The van der Waals surface area contributed by atoms with Crippen molar-refractivity contribution in [2.45, 2.75) is 6.61 Å². The molecule has 13 heteroatoms. The van der Waals surface area contributed by atoms with E-state index >= 15 is 0 Å². The van der Waals surface area contributed by atoms with Gasteiger partial charge in [0.1, 0.15) is 39.8 Å². The van der Waals surface area contributed by atoms with E-state index in [0.717, 1.165) is 0 Å². The third kappa shape index (κ3) is 6.67. The van der Waals surface area contributed by atoms with E-state index < -0.39 is 11.5 Å². The number of benzene rings is 4. The number of rotatable bonds is 11. The van der Waals surface area contributed by atoms with Crippen molar-refractivity contribution in [3.8, 4) is 51.3 Å². The lowest BCUT2D eigenvalue weighted by Gasteiger charge is -2.21. The van der Waals surface area contributed by atoms with Crippen molar-refractivity contribution < 1.29 is 38.0 Å². The van der Waals surface area contributed by atoms with Crippen LogP contribution >= 0.6 is 28.3 Å². The number of anilines is 1. The molecule has 0 aliphatic rings. The van der Waals surface area contributed by atoms with Crippen LogP contribution in [0.1, 0.15) is 16.1 Å². The predicted molar refractivity (Wildman–Crippen MR) is 189 cm³/mol. The Bertz CT molecular complexity index is 2010. The van der Waals surface area contributed by atoms with Crippen molar-refractivity contribution in [3.05, 3.63) is 92.8 Å². The molecule has 0 unspecified atom stereocenters. The summed E-state index contributed by atoms with van der Waals surface area (Å²) in [5.74, 6) is 1.95. The Kier molecular flexibility index (Phi) is 11.3. The average Bonchev–Trinajstić information content (AvgIpc) is 3.10. The summed E-state index contributed by atoms with van der Waals surface area (Å²) in [4.78, 5) is 28.2. The van der Waals surface area contributed by atoms with Gasteiger partial charge in [0.05, 0.1) is 48.0 Å². The SMILES string of the molecule is COC(=O)c1c(-c2cc(OC)c(Br)c(OC)c2)c2cc(OC)c(OCc3cc(OC)ccc3OC)cc2c(=O)n1-c1ccc(N)cc1.Cl. The number of hydrogen-bond donors (Lipinski definition) is 1. The molecular weight excluding hydrogens is 708 g/mol. The molecule has 0 aliphatic heterocycles. The molecule has 5 aromatic rings. The lowest BCUT2D eigenvalue weighted by Crippen LogP contribution is -2.27. The molecule has 1 aromatic heterocycles. The summed E-state index contributed by atoms with van der Waals surface area (Å²) in [7, 11) is 8.91. The van der Waals surface area contributed by atoms with Crippen LogP contribution in [-0.4, -0.2) is 53.2 Å². The van der Waals surface area contributed by atoms with E-state index in [-0.39, 0.29) is 35.8 Å². The van der Waals surface area contributed by atoms with Gasteiger partial charge in [-0.1, -0.05) is 0 Å². The number of esters is 1. The lowest BCUT2D eigenvalue weighted by atomic mass is 9.95. The number of carbonyl (C=O) groups excluding carboxylic acids is 1. The maximum Gasteiger partial charge on any atom is 0.355 e. The Balaban J connectivity index is 0.00000520. The van der Waals surface area contributed by atoms with Crippen molar-refractivity contribution in [2.75, 3.05) is 48.4 Å². The fourth-order valence-electron chi connectivity index (χ4n) is 5.29. The number of aromatic nitrogens is 1. The molecular formula is C35H34BrClN2O9. The van der Waals surface area contributed by atoms with Gasteiger partial charge in [-0.15, -0.1) is 12.4 Å². The molecule has 11 nitrogen and oxygen atoms in total. The lowest BCUT2D eigenvalue weighted by molar-refractivity contribution is 0.0591. The largest absolute Gasteiger partial charge is 0.497 e. The minimum Gasteiger partial charge on any atom is -0.497 e. The number of carbonyl (C=O) groups is 1. The molecule has 0 radical (unpaired) electrons. The van der Waals surface area contributed by atoms with Crippen LogP contribution in [0.15, 0.2) is 76.0 Å². The van der Waals surface area contributed by atoms with E-state index in [1.165, 1.54) is 33.0 Å². The molecule has 252 valence electrons. The molecule has 0 aliphatic carbocycles. The number of hydrogen-bond acceptors (Lipinski definition) is 10. The first kappa shape index (κ1) is 35.8. The van der Waals surface area contributed by atoms with Crippen LogP contribution in [-0.2, 0) is 11.3 Å². The van der Waals surface area contributed by atoms with Crippen molar-refractivity contribution >= 4 is 50.8 Å². The highest BCUT2D eigenvalue weighted by Crippen LogP contribution is 2.44. The normalized spacial score (nSPS) is 10.6. The quantitative estimate of drug-likeness (QED) is 0.114. The molecule has 0 saturated carbocycles. The Labute approximate surface area is 291 Å². The van der Waals surface area contributed by atoms with E-state index in [4.69, 9.17) is 38.9 Å². The molecule has 48 heavy (non-hydrogen) atoms. The van der Waals surface area contributed by atoms with Crippen molar-refractivity contribution in [1.82, 2.24) is 4.57 Å². The topological polar surface area (TPSA) is 130 Å². The molecule has 0 saturated heterocycles. The molecule has 0 amide bonds. The first-order chi connectivity index (χ1) is 22.7. The predicted octanol–water partition coefficient (Wildman–Crippen LogP) is 6.83. The number of nitrogens with zero attached hydrogens (tertiary/aromatic N) is 1. The van der Waals surface area contributed by atoms with Gasteiger partial charge in [-0.25, -0.2) is 4.79 Å². The highest BCUT2D eigenvalue weighted by Gasteiger charge is 2.28. The summed E-state index contributed by atoms with van der Waals surface area (Å²) < 4.78 is 41.3. The zero-order chi connectivity index (χ0) is 33.8. The maximum atomic E-state index is 14.5. The van der Waals surface area contributed by atoms with Crippen LogP contribution in [0.2, 0.25) is 0 Å². The Morgan fingerprint density at radius 3 is 1.90 bits per heavy atom. The molecule has 0 fully saturated rings. The smallest absolute Gasteiger partial charge is 0.355 e. The number of fused-ring (bicyclic) bond motifs is 1. The summed E-state index contributed by atoms with van der Waals surface area (Å²) in [6.45, 7) is 0.0720. The Morgan fingerprint density at radius 2 is 1.33 bits per heavy atom. The summed E-state index contributed by atoms with van der Waals surface area (Å²) >= 11 is 3.51. The van der Waals surface area contributed by atoms with Crippen molar-refractivity contribution in [1.29, 1.82) is 0 Å². The van der Waals surface area contributed by atoms with Gasteiger partial charge in [-0.2, -0.15) is 0 Å². The van der Waals surface area contributed by atoms with E-state index in [9.17, 15) is 9.59 Å². The average molecular weight is 742 g/mol. The summed E-state index contributed by atoms with van der Waals surface area (Å²) in [5, 5.41) is 0.635. The molecule has 0 atom stereocenters.